The molecule has 0 saturated heterocycles. The monoisotopic (exact) mass is 281 g/mol. The van der Waals surface area contributed by atoms with Gasteiger partial charge in [-0.05, 0) is 36.5 Å². The Morgan fingerprint density at radius 2 is 2.10 bits per heavy atom. The molecule has 0 aliphatic heterocycles. The predicted octanol–water partition coefficient (Wildman–Crippen LogP) is 3.66. The summed E-state index contributed by atoms with van der Waals surface area (Å²) in [4.78, 5) is 4.08. The molecule has 1 aliphatic rings. The van der Waals surface area contributed by atoms with Gasteiger partial charge in [0.05, 0.1) is 6.33 Å². The Labute approximate surface area is 126 Å². The number of hydrogen-bond donors (Lipinski definition) is 1. The molecule has 1 aromatic carbocycles. The van der Waals surface area contributed by atoms with Crippen molar-refractivity contribution in [3.05, 3.63) is 54.1 Å². The molecule has 0 radical (unpaired) electrons. The lowest BCUT2D eigenvalue weighted by Crippen LogP contribution is -2.21. The Hall–Kier alpha value is -1.87. The number of aromatic nitrogens is 2. The van der Waals surface area contributed by atoms with Crippen LogP contribution in [-0.2, 0) is 0 Å². The average Bonchev–Trinajstić information content (AvgIpc) is 3.15. The van der Waals surface area contributed by atoms with E-state index in [0.29, 0.717) is 5.92 Å². The molecule has 3 rings (SSSR count). The second kappa shape index (κ2) is 6.27. The normalized spacial score (nSPS) is 15.7. The number of rotatable bonds is 6. The summed E-state index contributed by atoms with van der Waals surface area (Å²) < 4.78 is 2.02. The highest BCUT2D eigenvalue weighted by atomic mass is 15.0. The Balaban J connectivity index is 1.73. The van der Waals surface area contributed by atoms with E-state index in [-0.39, 0.29) is 0 Å². The summed E-state index contributed by atoms with van der Waals surface area (Å²) in [6.07, 6.45) is 10.6. The van der Waals surface area contributed by atoms with Crippen LogP contribution in [0.1, 0.15) is 32.3 Å². The van der Waals surface area contributed by atoms with Gasteiger partial charge in [-0.2, -0.15) is 0 Å². The second-order valence-corrected chi connectivity index (χ2v) is 6.09. The zero-order chi connectivity index (χ0) is 14.7. The highest BCUT2D eigenvalue weighted by molar-refractivity contribution is 5.55. The number of hydrogen-bond acceptors (Lipinski definition) is 2. The fraction of sp³-hybridized carbons (Fsp3) is 0.389. The van der Waals surface area contributed by atoms with Crippen LogP contribution in [0, 0.1) is 5.92 Å². The lowest BCUT2D eigenvalue weighted by Gasteiger charge is -2.13. The maximum absolute atomic E-state index is 4.08. The van der Waals surface area contributed by atoms with Crippen molar-refractivity contribution in [2.75, 3.05) is 6.54 Å². The summed E-state index contributed by atoms with van der Waals surface area (Å²) in [5.41, 5.74) is 3.88. The largest absolute Gasteiger partial charge is 0.310 e. The summed E-state index contributed by atoms with van der Waals surface area (Å²) in [6, 6.07) is 9.39. The van der Waals surface area contributed by atoms with Crippen LogP contribution in [0.25, 0.3) is 11.8 Å². The summed E-state index contributed by atoms with van der Waals surface area (Å²) in [7, 11) is 0. The zero-order valence-corrected chi connectivity index (χ0v) is 12.8. The van der Waals surface area contributed by atoms with Gasteiger partial charge in [0, 0.05) is 30.7 Å². The van der Waals surface area contributed by atoms with Crippen LogP contribution in [0.4, 0.5) is 0 Å². The molecule has 0 bridgehead atoms. The second-order valence-electron chi connectivity index (χ2n) is 6.09. The van der Waals surface area contributed by atoms with Crippen molar-refractivity contribution in [2.45, 2.75) is 32.7 Å². The lowest BCUT2D eigenvalue weighted by molar-refractivity contribution is 0.662. The molecule has 1 N–H and O–H groups in total. The van der Waals surface area contributed by atoms with Crippen molar-refractivity contribution in [1.29, 1.82) is 0 Å². The number of nitrogens with one attached hydrogen (secondary N) is 1. The number of imidazole rings is 1. The summed E-state index contributed by atoms with van der Waals surface area (Å²) >= 11 is 0. The minimum atomic E-state index is 0.574. The Morgan fingerprint density at radius 1 is 1.33 bits per heavy atom. The van der Waals surface area contributed by atoms with Gasteiger partial charge in [0.25, 0.3) is 0 Å². The zero-order valence-electron chi connectivity index (χ0n) is 12.8. The predicted molar refractivity (Wildman–Crippen MR) is 87.4 cm³/mol. The molecule has 0 atom stereocenters. The first-order chi connectivity index (χ1) is 10.2. The van der Waals surface area contributed by atoms with Crippen molar-refractivity contribution in [2.24, 2.45) is 5.92 Å². The standard InChI is InChI=1S/C18H23N3/c1-14(2)16(12-20-17-5-6-17)11-15-3-7-18(8-4-15)21-10-9-19-13-21/h3-4,7-11,13-14,17,20H,5-6,12H2,1-2H3. The minimum absolute atomic E-state index is 0.574. The van der Waals surface area contributed by atoms with Crippen LogP contribution >= 0.6 is 0 Å². The SMILES string of the molecule is CC(C)C(=Cc1ccc(-n2ccnc2)cc1)CNC1CC1. The average molecular weight is 281 g/mol. The van der Waals surface area contributed by atoms with Gasteiger partial charge in [0.2, 0.25) is 0 Å². The van der Waals surface area contributed by atoms with Crippen LogP contribution in [0.15, 0.2) is 48.6 Å². The first-order valence-electron chi connectivity index (χ1n) is 7.74. The van der Waals surface area contributed by atoms with E-state index in [9.17, 15) is 0 Å². The van der Waals surface area contributed by atoms with E-state index < -0.39 is 0 Å². The maximum Gasteiger partial charge on any atom is 0.0991 e. The van der Waals surface area contributed by atoms with Crippen molar-refractivity contribution < 1.29 is 0 Å². The molecule has 1 aromatic heterocycles. The Kier molecular flexibility index (Phi) is 4.20. The van der Waals surface area contributed by atoms with Gasteiger partial charge in [0.15, 0.2) is 0 Å². The van der Waals surface area contributed by atoms with Crippen LogP contribution in [-0.4, -0.2) is 22.1 Å². The first kappa shape index (κ1) is 14.1. The molecule has 3 heteroatoms. The fourth-order valence-electron chi connectivity index (χ4n) is 2.34. The molecule has 110 valence electrons. The molecule has 0 amide bonds. The van der Waals surface area contributed by atoms with Crippen LogP contribution < -0.4 is 5.32 Å². The molecule has 3 nitrogen and oxygen atoms in total. The quantitative estimate of drug-likeness (QED) is 0.875. The highest BCUT2D eigenvalue weighted by Crippen LogP contribution is 2.21. The Bertz CT molecular complexity index is 590. The molecular formula is C18H23N3. The van der Waals surface area contributed by atoms with Crippen molar-refractivity contribution in [3.63, 3.8) is 0 Å². The topological polar surface area (TPSA) is 29.9 Å². The highest BCUT2D eigenvalue weighted by Gasteiger charge is 2.20. The maximum atomic E-state index is 4.08. The van der Waals surface area contributed by atoms with Crippen molar-refractivity contribution in [3.8, 4) is 5.69 Å². The van der Waals surface area contributed by atoms with Gasteiger partial charge in [-0.25, -0.2) is 4.98 Å². The van der Waals surface area contributed by atoms with E-state index in [2.05, 4.69) is 54.5 Å². The minimum Gasteiger partial charge on any atom is -0.310 e. The molecule has 2 aromatic rings. The van der Waals surface area contributed by atoms with Gasteiger partial charge in [0.1, 0.15) is 0 Å². The summed E-state index contributed by atoms with van der Waals surface area (Å²) in [6.45, 7) is 5.53. The molecule has 1 fully saturated rings. The van der Waals surface area contributed by atoms with E-state index in [1.54, 1.807) is 6.20 Å². The molecule has 1 aliphatic carbocycles. The van der Waals surface area contributed by atoms with Gasteiger partial charge in [-0.3, -0.25) is 0 Å². The Morgan fingerprint density at radius 3 is 2.67 bits per heavy atom. The molecule has 21 heavy (non-hydrogen) atoms. The van der Waals surface area contributed by atoms with E-state index >= 15 is 0 Å². The van der Waals surface area contributed by atoms with Gasteiger partial charge >= 0.3 is 0 Å². The third-order valence-corrected chi connectivity index (χ3v) is 3.96. The molecule has 0 spiro atoms. The number of nitrogens with zero attached hydrogens (tertiary/aromatic N) is 2. The third-order valence-electron chi connectivity index (χ3n) is 3.96. The van der Waals surface area contributed by atoms with Crippen molar-refractivity contribution in [1.82, 2.24) is 14.9 Å². The molecule has 1 heterocycles. The van der Waals surface area contributed by atoms with E-state index in [4.69, 9.17) is 0 Å². The van der Waals surface area contributed by atoms with Gasteiger partial charge < -0.3 is 9.88 Å². The van der Waals surface area contributed by atoms with Crippen LogP contribution in [0.2, 0.25) is 0 Å². The third kappa shape index (κ3) is 3.82. The van der Waals surface area contributed by atoms with E-state index in [0.717, 1.165) is 18.3 Å². The van der Waals surface area contributed by atoms with E-state index in [1.165, 1.54) is 24.0 Å². The van der Waals surface area contributed by atoms with Gasteiger partial charge in [-0.15, -0.1) is 0 Å². The van der Waals surface area contributed by atoms with E-state index in [1.807, 2.05) is 17.1 Å². The summed E-state index contributed by atoms with van der Waals surface area (Å²) in [5.74, 6) is 0.574. The van der Waals surface area contributed by atoms with Crippen LogP contribution in [0.5, 0.6) is 0 Å². The lowest BCUT2D eigenvalue weighted by atomic mass is 10.00. The first-order valence-corrected chi connectivity index (χ1v) is 7.74. The molecule has 1 saturated carbocycles. The molecule has 0 unspecified atom stereocenters. The van der Waals surface area contributed by atoms with Crippen molar-refractivity contribution >= 4 is 6.08 Å². The fourth-order valence-corrected chi connectivity index (χ4v) is 2.34. The summed E-state index contributed by atoms with van der Waals surface area (Å²) in [5, 5.41) is 3.61. The van der Waals surface area contributed by atoms with Gasteiger partial charge in [-0.1, -0.05) is 37.6 Å². The smallest absolute Gasteiger partial charge is 0.0991 e. The van der Waals surface area contributed by atoms with Crippen LogP contribution in [0.3, 0.4) is 0 Å². The number of benzene rings is 1. The molecular weight excluding hydrogens is 258 g/mol.